The second-order valence-corrected chi connectivity index (χ2v) is 4.67. The first kappa shape index (κ1) is 15.6. The Morgan fingerprint density at radius 2 is 2.05 bits per heavy atom. The topological polar surface area (TPSA) is 52.6 Å². The fourth-order valence-corrected chi connectivity index (χ4v) is 2.28. The van der Waals surface area contributed by atoms with Gasteiger partial charge in [0, 0.05) is 11.3 Å². The lowest BCUT2D eigenvalue weighted by molar-refractivity contribution is -0.140. The summed E-state index contributed by atoms with van der Waals surface area (Å²) < 4.78 is 9.59. The molecule has 0 bridgehead atoms. The number of thioether (sulfide) groups is 1. The molecule has 0 saturated carbocycles. The first-order valence-corrected chi connectivity index (χ1v) is 7.25. The quantitative estimate of drug-likeness (QED) is 0.593. The molecule has 1 aromatic rings. The molecule has 0 radical (unpaired) electrons. The van der Waals surface area contributed by atoms with E-state index >= 15 is 0 Å². The average molecular weight is 282 g/mol. The Kier molecular flexibility index (Phi) is 6.42. The fraction of sp³-hybridized carbons (Fsp3) is 0.429. The molecule has 0 amide bonds. The molecule has 5 heteroatoms. The third-order valence-corrected chi connectivity index (χ3v) is 3.46. The Morgan fingerprint density at radius 1 is 1.32 bits per heavy atom. The number of hydrogen-bond donors (Lipinski definition) is 0. The average Bonchev–Trinajstić information content (AvgIpc) is 2.44. The molecule has 0 heterocycles. The van der Waals surface area contributed by atoms with Crippen molar-refractivity contribution in [1.29, 1.82) is 0 Å². The molecule has 0 saturated heterocycles. The van der Waals surface area contributed by atoms with E-state index in [0.717, 1.165) is 10.5 Å². The molecule has 0 fully saturated rings. The molecular weight excluding hydrogens is 264 g/mol. The second-order valence-electron chi connectivity index (χ2n) is 3.82. The molecule has 0 aliphatic heterocycles. The SMILES string of the molecule is CCOC(=O)c1ccc(SC)c(CCC(=O)OC)c1. The number of carbonyl (C=O) groups excluding carboxylic acids is 2. The summed E-state index contributed by atoms with van der Waals surface area (Å²) in [4.78, 5) is 23.9. The van der Waals surface area contributed by atoms with E-state index < -0.39 is 0 Å². The maximum atomic E-state index is 11.7. The van der Waals surface area contributed by atoms with Crippen LogP contribution in [0.3, 0.4) is 0 Å². The molecule has 0 aliphatic rings. The van der Waals surface area contributed by atoms with Gasteiger partial charge in [-0.3, -0.25) is 4.79 Å². The van der Waals surface area contributed by atoms with Gasteiger partial charge in [-0.25, -0.2) is 4.79 Å². The van der Waals surface area contributed by atoms with E-state index in [-0.39, 0.29) is 11.9 Å². The van der Waals surface area contributed by atoms with Gasteiger partial charge in [0.1, 0.15) is 0 Å². The predicted molar refractivity (Wildman–Crippen MR) is 74.5 cm³/mol. The van der Waals surface area contributed by atoms with Crippen LogP contribution in [0.5, 0.6) is 0 Å². The van der Waals surface area contributed by atoms with Crippen LogP contribution >= 0.6 is 11.8 Å². The van der Waals surface area contributed by atoms with Crippen molar-refractivity contribution >= 4 is 23.7 Å². The molecule has 0 unspecified atom stereocenters. The lowest BCUT2D eigenvalue weighted by atomic mass is 10.1. The minimum atomic E-state index is -0.338. The molecule has 19 heavy (non-hydrogen) atoms. The molecular formula is C14H18O4S. The smallest absolute Gasteiger partial charge is 0.338 e. The lowest BCUT2D eigenvalue weighted by Crippen LogP contribution is -2.07. The molecule has 1 rings (SSSR count). The molecule has 0 aromatic heterocycles. The van der Waals surface area contributed by atoms with Gasteiger partial charge in [0.25, 0.3) is 0 Å². The highest BCUT2D eigenvalue weighted by molar-refractivity contribution is 7.98. The van der Waals surface area contributed by atoms with Crippen LogP contribution in [-0.4, -0.2) is 31.9 Å². The van der Waals surface area contributed by atoms with Crippen LogP contribution in [0.15, 0.2) is 23.1 Å². The van der Waals surface area contributed by atoms with Gasteiger partial charge in [0.05, 0.1) is 19.3 Å². The highest BCUT2D eigenvalue weighted by Gasteiger charge is 2.11. The molecule has 0 spiro atoms. The van der Waals surface area contributed by atoms with Gasteiger partial charge in [0.15, 0.2) is 0 Å². The molecule has 0 aliphatic carbocycles. The van der Waals surface area contributed by atoms with Crippen LogP contribution in [-0.2, 0) is 20.7 Å². The van der Waals surface area contributed by atoms with E-state index in [1.54, 1.807) is 30.8 Å². The molecule has 1 aromatic carbocycles. The zero-order chi connectivity index (χ0) is 14.3. The summed E-state index contributed by atoms with van der Waals surface area (Å²) in [6.45, 7) is 2.12. The Bertz CT molecular complexity index is 457. The Balaban J connectivity index is 2.89. The van der Waals surface area contributed by atoms with Crippen LogP contribution < -0.4 is 0 Å². The Labute approximate surface area is 117 Å². The zero-order valence-corrected chi connectivity index (χ0v) is 12.2. The van der Waals surface area contributed by atoms with Crippen LogP contribution in [0.25, 0.3) is 0 Å². The maximum absolute atomic E-state index is 11.7. The number of ether oxygens (including phenoxy) is 2. The van der Waals surface area contributed by atoms with Gasteiger partial charge < -0.3 is 9.47 Å². The number of carbonyl (C=O) groups is 2. The lowest BCUT2D eigenvalue weighted by Gasteiger charge is -2.09. The number of esters is 2. The van der Waals surface area contributed by atoms with Crippen molar-refractivity contribution in [3.05, 3.63) is 29.3 Å². The number of benzene rings is 1. The predicted octanol–water partition coefficient (Wildman–Crippen LogP) is 2.69. The van der Waals surface area contributed by atoms with E-state index in [1.807, 2.05) is 12.3 Å². The fourth-order valence-electron chi connectivity index (χ4n) is 1.65. The summed E-state index contributed by atoms with van der Waals surface area (Å²) in [5, 5.41) is 0. The zero-order valence-electron chi connectivity index (χ0n) is 11.4. The highest BCUT2D eigenvalue weighted by Crippen LogP contribution is 2.23. The summed E-state index contributed by atoms with van der Waals surface area (Å²) in [6, 6.07) is 5.40. The van der Waals surface area contributed by atoms with Crippen LogP contribution in [0.4, 0.5) is 0 Å². The van der Waals surface area contributed by atoms with Crippen molar-refractivity contribution in [2.75, 3.05) is 20.0 Å². The summed E-state index contributed by atoms with van der Waals surface area (Å²) >= 11 is 1.58. The summed E-state index contributed by atoms with van der Waals surface area (Å²) in [5.74, 6) is -0.594. The van der Waals surface area contributed by atoms with Gasteiger partial charge in [-0.15, -0.1) is 11.8 Å². The molecule has 0 atom stereocenters. The molecule has 104 valence electrons. The standard InChI is InChI=1S/C14H18O4S/c1-4-18-14(16)11-5-7-12(19-3)10(9-11)6-8-13(15)17-2/h5,7,9H,4,6,8H2,1-3H3. The number of hydrogen-bond acceptors (Lipinski definition) is 5. The second kappa shape index (κ2) is 7.84. The van der Waals surface area contributed by atoms with E-state index in [4.69, 9.17) is 4.74 Å². The number of aryl methyl sites for hydroxylation is 1. The monoisotopic (exact) mass is 282 g/mol. The van der Waals surface area contributed by atoms with Crippen molar-refractivity contribution in [3.63, 3.8) is 0 Å². The molecule has 4 nitrogen and oxygen atoms in total. The number of methoxy groups -OCH3 is 1. The van der Waals surface area contributed by atoms with Gasteiger partial charge in [-0.05, 0) is 43.4 Å². The first-order chi connectivity index (χ1) is 9.12. The normalized spacial score (nSPS) is 10.1. The Hall–Kier alpha value is -1.49. The van der Waals surface area contributed by atoms with E-state index in [1.165, 1.54) is 7.11 Å². The van der Waals surface area contributed by atoms with Crippen molar-refractivity contribution in [2.45, 2.75) is 24.7 Å². The Morgan fingerprint density at radius 3 is 2.63 bits per heavy atom. The third kappa shape index (κ3) is 4.59. The van der Waals surface area contributed by atoms with Gasteiger partial charge >= 0.3 is 11.9 Å². The van der Waals surface area contributed by atoms with Crippen molar-refractivity contribution in [3.8, 4) is 0 Å². The maximum Gasteiger partial charge on any atom is 0.338 e. The van der Waals surface area contributed by atoms with Crippen molar-refractivity contribution < 1.29 is 19.1 Å². The van der Waals surface area contributed by atoms with Gasteiger partial charge in [-0.1, -0.05) is 0 Å². The number of rotatable bonds is 6. The van der Waals surface area contributed by atoms with Crippen LogP contribution in [0.1, 0.15) is 29.3 Å². The van der Waals surface area contributed by atoms with Crippen molar-refractivity contribution in [1.82, 2.24) is 0 Å². The van der Waals surface area contributed by atoms with E-state index in [2.05, 4.69) is 4.74 Å². The summed E-state index contributed by atoms with van der Waals surface area (Å²) in [6.07, 6.45) is 2.81. The minimum absolute atomic E-state index is 0.256. The van der Waals surface area contributed by atoms with Gasteiger partial charge in [0.2, 0.25) is 0 Å². The van der Waals surface area contributed by atoms with E-state index in [9.17, 15) is 9.59 Å². The van der Waals surface area contributed by atoms with Crippen molar-refractivity contribution in [2.24, 2.45) is 0 Å². The first-order valence-electron chi connectivity index (χ1n) is 6.03. The van der Waals surface area contributed by atoms with Gasteiger partial charge in [-0.2, -0.15) is 0 Å². The minimum Gasteiger partial charge on any atom is -0.469 e. The third-order valence-electron chi connectivity index (χ3n) is 2.62. The van der Waals surface area contributed by atoms with Crippen LogP contribution in [0.2, 0.25) is 0 Å². The van der Waals surface area contributed by atoms with Crippen LogP contribution in [0, 0.1) is 0 Å². The molecule has 0 N–H and O–H groups in total. The highest BCUT2D eigenvalue weighted by atomic mass is 32.2. The summed E-state index contributed by atoms with van der Waals surface area (Å²) in [5.41, 5.74) is 1.47. The summed E-state index contributed by atoms with van der Waals surface area (Å²) in [7, 11) is 1.37. The largest absolute Gasteiger partial charge is 0.469 e. The van der Waals surface area contributed by atoms with E-state index in [0.29, 0.717) is 25.0 Å².